The van der Waals surface area contributed by atoms with E-state index >= 15 is 0 Å². The van der Waals surface area contributed by atoms with Crippen LogP contribution in [-0.4, -0.2) is 46.3 Å². The molecule has 0 aromatic carbocycles. The molecule has 0 saturated carbocycles. The first-order valence-electron chi connectivity index (χ1n) is 8.97. The van der Waals surface area contributed by atoms with Crippen LogP contribution in [0.3, 0.4) is 0 Å². The Hall–Kier alpha value is -1.11. The molecule has 6 nitrogen and oxygen atoms in total. The van der Waals surface area contributed by atoms with Crippen molar-refractivity contribution in [2.24, 2.45) is 5.92 Å². The highest BCUT2D eigenvalue weighted by molar-refractivity contribution is 6.32. The Morgan fingerprint density at radius 3 is 2.85 bits per heavy atom. The summed E-state index contributed by atoms with van der Waals surface area (Å²) in [4.78, 5) is 21.8. The van der Waals surface area contributed by atoms with Crippen molar-refractivity contribution in [2.75, 3.05) is 19.7 Å². The molecule has 1 unspecified atom stereocenters. The third kappa shape index (κ3) is 7.25. The number of nitrogens with zero attached hydrogens (tertiary/aromatic N) is 3. The van der Waals surface area contributed by atoms with Gasteiger partial charge in [-0.25, -0.2) is 14.8 Å². The molecule has 1 aliphatic heterocycles. The van der Waals surface area contributed by atoms with Crippen LogP contribution in [0.1, 0.15) is 52.0 Å². The predicted molar refractivity (Wildman–Crippen MR) is 101 cm³/mol. The molecule has 0 aliphatic carbocycles. The lowest BCUT2D eigenvalue weighted by Gasteiger charge is -2.34. The number of hydrogen-bond acceptors (Lipinski definition) is 5. The Labute approximate surface area is 165 Å². The molecule has 146 valence electrons. The zero-order valence-corrected chi connectivity index (χ0v) is 17.1. The second-order valence-corrected chi connectivity index (χ2v) is 8.28. The topological polar surface area (TPSA) is 64.5 Å². The zero-order valence-electron chi connectivity index (χ0n) is 15.6. The summed E-state index contributed by atoms with van der Waals surface area (Å²) in [6.07, 6.45) is 5.47. The minimum atomic E-state index is -0.454. The fourth-order valence-corrected chi connectivity index (χ4v) is 3.27. The first-order valence-corrected chi connectivity index (χ1v) is 9.73. The molecule has 1 saturated heterocycles. The van der Waals surface area contributed by atoms with E-state index in [1.165, 1.54) is 0 Å². The van der Waals surface area contributed by atoms with Gasteiger partial charge in [-0.2, -0.15) is 0 Å². The van der Waals surface area contributed by atoms with Crippen molar-refractivity contribution < 1.29 is 14.3 Å². The molecule has 0 spiro atoms. The number of amides is 1. The van der Waals surface area contributed by atoms with Crippen LogP contribution in [0, 0.1) is 5.92 Å². The van der Waals surface area contributed by atoms with E-state index < -0.39 is 5.60 Å². The second kappa shape index (κ2) is 9.72. The summed E-state index contributed by atoms with van der Waals surface area (Å²) < 4.78 is 11.1. The molecule has 1 fully saturated rings. The van der Waals surface area contributed by atoms with Crippen molar-refractivity contribution in [2.45, 2.75) is 58.7 Å². The highest BCUT2D eigenvalue weighted by atomic mass is 35.5. The van der Waals surface area contributed by atoms with Crippen molar-refractivity contribution in [1.29, 1.82) is 0 Å². The van der Waals surface area contributed by atoms with Gasteiger partial charge in [0.05, 0.1) is 6.61 Å². The Balaban J connectivity index is 1.67. The van der Waals surface area contributed by atoms with Gasteiger partial charge in [0.25, 0.3) is 0 Å². The summed E-state index contributed by atoms with van der Waals surface area (Å²) in [5.74, 6) is 0.488. The smallest absolute Gasteiger partial charge is 0.410 e. The summed E-state index contributed by atoms with van der Waals surface area (Å²) in [7, 11) is 0. The lowest BCUT2D eigenvalue weighted by atomic mass is 9.94. The number of carbonyl (C=O) groups excluding carboxylic acids is 1. The molecular formula is C18H27Cl2N3O3. The predicted octanol–water partition coefficient (Wildman–Crippen LogP) is 4.73. The Morgan fingerprint density at radius 2 is 2.15 bits per heavy atom. The summed E-state index contributed by atoms with van der Waals surface area (Å²) >= 11 is 11.7. The molecule has 26 heavy (non-hydrogen) atoms. The van der Waals surface area contributed by atoms with Crippen molar-refractivity contribution in [3.05, 3.63) is 22.2 Å². The molecular weight excluding hydrogens is 377 g/mol. The average Bonchev–Trinajstić information content (AvgIpc) is 2.55. The third-order valence-electron chi connectivity index (χ3n) is 4.11. The molecule has 2 rings (SSSR count). The first kappa shape index (κ1) is 21.2. The summed E-state index contributed by atoms with van der Waals surface area (Å²) in [6.45, 7) is 8.19. The van der Waals surface area contributed by atoms with Crippen LogP contribution >= 0.6 is 23.2 Å². The molecule has 1 amide bonds. The lowest BCUT2D eigenvalue weighted by Crippen LogP contribution is -2.42. The van der Waals surface area contributed by atoms with Crippen LogP contribution in [0.25, 0.3) is 0 Å². The fraction of sp³-hybridized carbons (Fsp3) is 0.722. The zero-order chi connectivity index (χ0) is 19.2. The summed E-state index contributed by atoms with van der Waals surface area (Å²) in [6, 6.07) is 0. The highest BCUT2D eigenvalue weighted by Gasteiger charge is 2.27. The monoisotopic (exact) mass is 403 g/mol. The second-order valence-electron chi connectivity index (χ2n) is 7.58. The van der Waals surface area contributed by atoms with E-state index in [4.69, 9.17) is 32.7 Å². The quantitative estimate of drug-likeness (QED) is 0.390. The van der Waals surface area contributed by atoms with Gasteiger partial charge in [-0.05, 0) is 64.0 Å². The summed E-state index contributed by atoms with van der Waals surface area (Å²) in [5, 5.41) is 0.455. The van der Waals surface area contributed by atoms with Gasteiger partial charge in [0.1, 0.15) is 10.8 Å². The van der Waals surface area contributed by atoms with Gasteiger partial charge in [0.15, 0.2) is 0 Å². The van der Waals surface area contributed by atoms with Crippen LogP contribution in [0.4, 0.5) is 4.79 Å². The van der Waals surface area contributed by atoms with Gasteiger partial charge in [-0.3, -0.25) is 0 Å². The maximum Gasteiger partial charge on any atom is 0.410 e. The van der Waals surface area contributed by atoms with Crippen molar-refractivity contribution in [3.8, 4) is 0 Å². The highest BCUT2D eigenvalue weighted by Crippen LogP contribution is 2.23. The molecule has 8 heteroatoms. The number of likely N-dealkylation sites (tertiary alicyclic amines) is 1. The van der Waals surface area contributed by atoms with Crippen molar-refractivity contribution in [3.63, 3.8) is 0 Å². The van der Waals surface area contributed by atoms with E-state index in [0.29, 0.717) is 24.3 Å². The maximum absolute atomic E-state index is 12.2. The van der Waals surface area contributed by atoms with Gasteiger partial charge in [-0.1, -0.05) is 11.6 Å². The standard InChI is InChI=1S/C18H27Cl2N3O3/c1-18(2,3)26-17(24)23-8-4-6-13(11-23)7-5-9-25-12-14-10-21-16(20)22-15(14)19/h10,13H,4-9,11-12H2,1-3H3. The first-order chi connectivity index (χ1) is 12.2. The van der Waals surface area contributed by atoms with E-state index in [9.17, 15) is 4.79 Å². The molecule has 0 radical (unpaired) electrons. The largest absolute Gasteiger partial charge is 0.444 e. The van der Waals surface area contributed by atoms with Gasteiger partial charge in [0.2, 0.25) is 5.28 Å². The molecule has 1 atom stereocenters. The number of halogens is 2. The van der Waals surface area contributed by atoms with Crippen LogP contribution in [0.5, 0.6) is 0 Å². The molecule has 1 aromatic rings. The Bertz CT molecular complexity index is 608. The number of ether oxygens (including phenoxy) is 2. The normalized spacial score (nSPS) is 18.0. The molecule has 0 N–H and O–H groups in total. The van der Waals surface area contributed by atoms with Gasteiger partial charge >= 0.3 is 6.09 Å². The fourth-order valence-electron chi connectivity index (χ4n) is 2.91. The van der Waals surface area contributed by atoms with Crippen molar-refractivity contribution in [1.82, 2.24) is 14.9 Å². The van der Waals surface area contributed by atoms with Crippen molar-refractivity contribution >= 4 is 29.3 Å². The van der Waals surface area contributed by atoms with Gasteiger partial charge in [0, 0.05) is 31.5 Å². The van der Waals surface area contributed by atoms with E-state index in [1.807, 2.05) is 25.7 Å². The van der Waals surface area contributed by atoms with E-state index in [-0.39, 0.29) is 11.4 Å². The molecule has 0 bridgehead atoms. The minimum Gasteiger partial charge on any atom is -0.444 e. The van der Waals surface area contributed by atoms with Crippen LogP contribution in [-0.2, 0) is 16.1 Å². The Morgan fingerprint density at radius 1 is 1.38 bits per heavy atom. The summed E-state index contributed by atoms with van der Waals surface area (Å²) in [5.41, 5.74) is 0.273. The van der Waals surface area contributed by atoms with Gasteiger partial charge < -0.3 is 14.4 Å². The average molecular weight is 404 g/mol. The molecule has 1 aliphatic rings. The molecule has 1 aromatic heterocycles. The van der Waals surface area contributed by atoms with E-state index in [1.54, 1.807) is 6.20 Å². The van der Waals surface area contributed by atoms with Crippen LogP contribution in [0.2, 0.25) is 10.4 Å². The maximum atomic E-state index is 12.2. The number of rotatable bonds is 6. The third-order valence-corrected chi connectivity index (χ3v) is 4.62. The number of piperidine rings is 1. The number of aromatic nitrogens is 2. The van der Waals surface area contributed by atoms with Gasteiger partial charge in [-0.15, -0.1) is 0 Å². The van der Waals surface area contributed by atoms with E-state index in [0.717, 1.165) is 44.3 Å². The number of hydrogen-bond donors (Lipinski definition) is 0. The minimum absolute atomic E-state index is 0.130. The van der Waals surface area contributed by atoms with Crippen LogP contribution in [0.15, 0.2) is 6.20 Å². The Kier molecular flexibility index (Phi) is 7.92. The van der Waals surface area contributed by atoms with E-state index in [2.05, 4.69) is 9.97 Å². The molecule has 2 heterocycles. The van der Waals surface area contributed by atoms with Crippen LogP contribution < -0.4 is 0 Å². The number of carbonyl (C=O) groups is 1. The SMILES string of the molecule is CC(C)(C)OC(=O)N1CCCC(CCCOCc2cnc(Cl)nc2Cl)C1. The lowest BCUT2D eigenvalue weighted by molar-refractivity contribution is 0.0155.